The quantitative estimate of drug-likeness (QED) is 0.451. The van der Waals surface area contributed by atoms with Gasteiger partial charge in [-0.25, -0.2) is 0 Å². The fourth-order valence-electron chi connectivity index (χ4n) is 1.19. The second-order valence-electron chi connectivity index (χ2n) is 2.89. The molecular formula is C9H10N4O2. The number of hydrogen-bond donors (Lipinski definition) is 1. The van der Waals surface area contributed by atoms with E-state index in [0.29, 0.717) is 5.01 Å². The molecule has 1 aromatic rings. The van der Waals surface area contributed by atoms with Gasteiger partial charge in [-0.1, -0.05) is 35.3 Å². The molecule has 0 aliphatic heterocycles. The van der Waals surface area contributed by atoms with Crippen LogP contribution in [0.2, 0.25) is 0 Å². The van der Waals surface area contributed by atoms with Crippen molar-refractivity contribution in [2.75, 3.05) is 0 Å². The third-order valence-electron chi connectivity index (χ3n) is 1.98. The van der Waals surface area contributed by atoms with E-state index in [2.05, 4.69) is 10.1 Å². The van der Waals surface area contributed by atoms with Crippen LogP contribution in [0, 0.1) is 5.53 Å². The van der Waals surface area contributed by atoms with Crippen molar-refractivity contribution < 1.29 is 9.90 Å². The standard InChI is InChI=1S/C9H10N4O2/c1-7(8-5-3-2-4-6-8)13(9(14)15)12-11-10/h2-7,10H,1H3. The second kappa shape index (κ2) is 4.88. The molecule has 1 unspecified atom stereocenters. The predicted octanol–water partition coefficient (Wildman–Crippen LogP) is 0.858. The zero-order valence-electron chi connectivity index (χ0n) is 8.12. The van der Waals surface area contributed by atoms with Crippen LogP contribution in [0.4, 0.5) is 4.79 Å². The van der Waals surface area contributed by atoms with Crippen molar-refractivity contribution in [1.29, 1.82) is 5.53 Å². The SMILES string of the molecule is CC(c1ccccc1)N(N=[N+]=N)C(=O)[O-]. The number of hydrogen-bond acceptors (Lipinski definition) is 4. The molecule has 1 amide bonds. The maximum absolute atomic E-state index is 10.7. The molecule has 1 rings (SSSR count). The summed E-state index contributed by atoms with van der Waals surface area (Å²) in [5.74, 6) is 0. The summed E-state index contributed by atoms with van der Waals surface area (Å²) in [5, 5.41) is 14.5. The molecule has 0 saturated heterocycles. The minimum absolute atomic E-state index is 0.523. The maximum atomic E-state index is 10.7. The molecular weight excluding hydrogens is 196 g/mol. The average molecular weight is 206 g/mol. The highest BCUT2D eigenvalue weighted by atomic mass is 16.4. The number of rotatable bonds is 3. The average Bonchev–Trinajstić information content (AvgIpc) is 2.26. The largest absolute Gasteiger partial charge is 0.509 e. The van der Waals surface area contributed by atoms with Gasteiger partial charge in [-0.05, 0) is 18.0 Å². The molecule has 0 aromatic heterocycles. The Morgan fingerprint density at radius 2 is 2.13 bits per heavy atom. The zero-order chi connectivity index (χ0) is 11.3. The first-order valence-corrected chi connectivity index (χ1v) is 4.29. The van der Waals surface area contributed by atoms with Crippen LogP contribution in [0.15, 0.2) is 35.6 Å². The zero-order valence-corrected chi connectivity index (χ0v) is 8.12. The summed E-state index contributed by atoms with van der Waals surface area (Å²) in [6.07, 6.45) is -1.48. The first-order valence-electron chi connectivity index (χ1n) is 4.29. The fourth-order valence-corrected chi connectivity index (χ4v) is 1.19. The topological polar surface area (TPSA) is 93.7 Å². The monoisotopic (exact) mass is 206 g/mol. The molecule has 0 aliphatic carbocycles. The number of amides is 1. The normalized spacial score (nSPS) is 11.3. The van der Waals surface area contributed by atoms with Crippen LogP contribution in [0.1, 0.15) is 18.5 Å². The van der Waals surface area contributed by atoms with E-state index in [4.69, 9.17) is 5.53 Å². The van der Waals surface area contributed by atoms with Gasteiger partial charge in [-0.15, -0.1) is 0 Å². The lowest BCUT2D eigenvalue weighted by Gasteiger charge is -2.15. The molecule has 0 spiro atoms. The molecule has 0 fully saturated rings. The lowest BCUT2D eigenvalue weighted by molar-refractivity contribution is -0.268. The van der Waals surface area contributed by atoms with Crippen molar-refractivity contribution in [2.45, 2.75) is 13.0 Å². The van der Waals surface area contributed by atoms with Gasteiger partial charge in [0.15, 0.2) is 0 Å². The van der Waals surface area contributed by atoms with Gasteiger partial charge in [0.2, 0.25) is 5.22 Å². The van der Waals surface area contributed by atoms with Gasteiger partial charge in [0.1, 0.15) is 6.04 Å². The molecule has 6 heteroatoms. The highest BCUT2D eigenvalue weighted by molar-refractivity contribution is 5.62. The van der Waals surface area contributed by atoms with Gasteiger partial charge in [-0.2, -0.15) is 0 Å². The number of carbonyl (C=O) groups excluding carboxylic acids is 1. The molecule has 15 heavy (non-hydrogen) atoms. The number of nitrogens with one attached hydrogen (secondary N) is 1. The highest BCUT2D eigenvalue weighted by Crippen LogP contribution is 2.18. The van der Waals surface area contributed by atoms with Crippen molar-refractivity contribution in [3.8, 4) is 0 Å². The van der Waals surface area contributed by atoms with Crippen molar-refractivity contribution in [3.05, 3.63) is 35.9 Å². The third-order valence-corrected chi connectivity index (χ3v) is 1.98. The van der Waals surface area contributed by atoms with Crippen LogP contribution >= 0.6 is 0 Å². The second-order valence-corrected chi connectivity index (χ2v) is 2.89. The Morgan fingerprint density at radius 3 is 2.60 bits per heavy atom. The molecule has 1 atom stereocenters. The summed E-state index contributed by atoms with van der Waals surface area (Å²) >= 11 is 0. The Kier molecular flexibility index (Phi) is 3.54. The number of benzene rings is 1. The van der Waals surface area contributed by atoms with Crippen molar-refractivity contribution >= 4 is 6.09 Å². The number of carboxylic acid groups (broad SMARTS) is 1. The van der Waals surface area contributed by atoms with Gasteiger partial charge >= 0.3 is 0 Å². The van der Waals surface area contributed by atoms with Crippen LogP contribution in [-0.4, -0.2) is 11.1 Å². The van der Waals surface area contributed by atoms with Crippen LogP contribution in [0.5, 0.6) is 0 Å². The minimum atomic E-state index is -1.48. The Bertz CT molecular complexity index is 384. The molecule has 0 radical (unpaired) electrons. The Morgan fingerprint density at radius 1 is 1.53 bits per heavy atom. The van der Waals surface area contributed by atoms with Gasteiger partial charge in [0.25, 0.3) is 6.09 Å². The molecule has 0 aliphatic rings. The van der Waals surface area contributed by atoms with E-state index in [0.717, 1.165) is 5.56 Å². The minimum Gasteiger partial charge on any atom is -0.509 e. The van der Waals surface area contributed by atoms with E-state index in [9.17, 15) is 9.90 Å². The van der Waals surface area contributed by atoms with Gasteiger partial charge in [0.05, 0.1) is 4.91 Å². The van der Waals surface area contributed by atoms with Crippen LogP contribution < -0.4 is 10.0 Å². The molecule has 0 bridgehead atoms. The summed E-state index contributed by atoms with van der Waals surface area (Å²) in [6, 6.07) is 8.41. The summed E-state index contributed by atoms with van der Waals surface area (Å²) in [7, 11) is 0. The summed E-state index contributed by atoms with van der Waals surface area (Å²) in [4.78, 5) is 13.4. The van der Waals surface area contributed by atoms with Crippen LogP contribution in [-0.2, 0) is 0 Å². The van der Waals surface area contributed by atoms with E-state index in [1.54, 1.807) is 31.2 Å². The Hall–Kier alpha value is -2.20. The number of carbonyl (C=O) groups is 1. The summed E-state index contributed by atoms with van der Waals surface area (Å²) in [5.41, 5.74) is 7.27. The van der Waals surface area contributed by atoms with E-state index >= 15 is 0 Å². The molecule has 0 heterocycles. The molecule has 1 aromatic carbocycles. The van der Waals surface area contributed by atoms with E-state index in [1.807, 2.05) is 6.07 Å². The van der Waals surface area contributed by atoms with Gasteiger partial charge in [0, 0.05) is 0 Å². The Balaban J connectivity index is 2.95. The maximum Gasteiger partial charge on any atom is 0.266 e. The van der Waals surface area contributed by atoms with Gasteiger partial charge in [-0.3, -0.25) is 0 Å². The molecule has 6 nitrogen and oxygen atoms in total. The van der Waals surface area contributed by atoms with E-state index in [1.165, 1.54) is 0 Å². The Labute approximate surface area is 86.3 Å². The van der Waals surface area contributed by atoms with E-state index < -0.39 is 12.1 Å². The highest BCUT2D eigenvalue weighted by Gasteiger charge is 2.23. The van der Waals surface area contributed by atoms with Crippen LogP contribution in [0.3, 0.4) is 0 Å². The fraction of sp³-hybridized carbons (Fsp3) is 0.222. The third kappa shape index (κ3) is 2.62. The smallest absolute Gasteiger partial charge is 0.266 e. The van der Waals surface area contributed by atoms with Crippen molar-refractivity contribution in [2.24, 2.45) is 5.22 Å². The van der Waals surface area contributed by atoms with Gasteiger partial charge < -0.3 is 9.90 Å². The lowest BCUT2D eigenvalue weighted by Crippen LogP contribution is -2.39. The lowest BCUT2D eigenvalue weighted by atomic mass is 10.1. The van der Waals surface area contributed by atoms with E-state index in [-0.39, 0.29) is 0 Å². The van der Waals surface area contributed by atoms with Crippen molar-refractivity contribution in [1.82, 2.24) is 9.92 Å². The molecule has 0 saturated carbocycles. The summed E-state index contributed by atoms with van der Waals surface area (Å²) in [6.45, 7) is 1.64. The first kappa shape index (κ1) is 10.9. The molecule has 1 N–H and O–H groups in total. The first-order chi connectivity index (χ1) is 7.16. The molecule has 78 valence electrons. The summed E-state index contributed by atoms with van der Waals surface area (Å²) < 4.78 is 0. The predicted molar refractivity (Wildman–Crippen MR) is 49.4 cm³/mol. The van der Waals surface area contributed by atoms with Crippen LogP contribution in [0.25, 0.3) is 0 Å². The number of nitrogens with zero attached hydrogens (tertiary/aromatic N) is 3. The van der Waals surface area contributed by atoms with Crippen molar-refractivity contribution in [3.63, 3.8) is 0 Å².